The highest BCUT2D eigenvalue weighted by atomic mass is 35.5. The molecule has 1 aliphatic heterocycles. The normalized spacial score (nSPS) is 19.9. The van der Waals surface area contributed by atoms with Crippen molar-refractivity contribution in [2.45, 2.75) is 26.3 Å². The fraction of sp³-hybridized carbons (Fsp3) is 0.706. The van der Waals surface area contributed by atoms with E-state index in [2.05, 4.69) is 38.6 Å². The summed E-state index contributed by atoms with van der Waals surface area (Å²) in [6.45, 7) is 7.61. The second-order valence-corrected chi connectivity index (χ2v) is 6.88. The van der Waals surface area contributed by atoms with Crippen molar-refractivity contribution < 1.29 is 0 Å². The summed E-state index contributed by atoms with van der Waals surface area (Å²) >= 11 is 6.06. The van der Waals surface area contributed by atoms with E-state index in [0.717, 1.165) is 30.6 Å². The summed E-state index contributed by atoms with van der Waals surface area (Å²) in [4.78, 5) is 9.10. The van der Waals surface area contributed by atoms with Gasteiger partial charge in [-0.2, -0.15) is 0 Å². The maximum absolute atomic E-state index is 6.06. The number of rotatable bonds is 5. The van der Waals surface area contributed by atoms with Gasteiger partial charge in [-0.05, 0) is 37.9 Å². The first-order valence-electron chi connectivity index (χ1n) is 8.48. The van der Waals surface area contributed by atoms with Crippen LogP contribution in [-0.4, -0.2) is 60.6 Å². The molecule has 6 heteroatoms. The fourth-order valence-electron chi connectivity index (χ4n) is 3.27. The molecule has 0 aliphatic carbocycles. The van der Waals surface area contributed by atoms with E-state index in [1.165, 1.54) is 31.6 Å². The number of aliphatic imine (C=N–C) groups is 1. The summed E-state index contributed by atoms with van der Waals surface area (Å²) in [5.41, 5.74) is 1.18. The Kier molecular flexibility index (Phi) is 6.78. The Labute approximate surface area is 145 Å². The summed E-state index contributed by atoms with van der Waals surface area (Å²) in [7, 11) is 5.93. The largest absolute Gasteiger partial charge is 0.356 e. The van der Waals surface area contributed by atoms with Gasteiger partial charge in [0.05, 0.1) is 11.6 Å². The quantitative estimate of drug-likeness (QED) is 0.661. The number of nitrogens with one attached hydrogen (secondary N) is 1. The predicted molar refractivity (Wildman–Crippen MR) is 98.1 cm³/mol. The number of piperidine rings is 1. The van der Waals surface area contributed by atoms with Gasteiger partial charge in [0.2, 0.25) is 0 Å². The van der Waals surface area contributed by atoms with Crippen molar-refractivity contribution >= 4 is 17.6 Å². The number of hydrogen-bond donors (Lipinski definition) is 1. The average molecular weight is 340 g/mol. The third-order valence-electron chi connectivity index (χ3n) is 4.65. The smallest absolute Gasteiger partial charge is 0.193 e. The van der Waals surface area contributed by atoms with Gasteiger partial charge >= 0.3 is 0 Å². The molecule has 1 fully saturated rings. The molecular formula is C17H30ClN5. The maximum atomic E-state index is 6.06. The number of guanidine groups is 1. The molecule has 1 unspecified atom stereocenters. The lowest BCUT2D eigenvalue weighted by molar-refractivity contribution is 0.183. The standard InChI is InChI=1S/C17H30ClN5/c1-5-23-8-6-7-14(11-23)10-20-17(19-2)22(4)13-16-9-15(18)12-21(16)3/h9,12,14H,5-8,10-11,13H2,1-4H3,(H,19,20). The second kappa shape index (κ2) is 8.60. The van der Waals surface area contributed by atoms with Crippen LogP contribution in [0.15, 0.2) is 17.3 Å². The molecule has 1 N–H and O–H groups in total. The molecule has 0 amide bonds. The van der Waals surface area contributed by atoms with Crippen LogP contribution in [0.2, 0.25) is 5.02 Å². The molecule has 1 aromatic heterocycles. The fourth-order valence-corrected chi connectivity index (χ4v) is 3.54. The summed E-state index contributed by atoms with van der Waals surface area (Å²) < 4.78 is 2.06. The molecule has 23 heavy (non-hydrogen) atoms. The third-order valence-corrected chi connectivity index (χ3v) is 4.85. The maximum Gasteiger partial charge on any atom is 0.193 e. The lowest BCUT2D eigenvalue weighted by Crippen LogP contribution is -2.44. The van der Waals surface area contributed by atoms with Crippen LogP contribution in [0, 0.1) is 5.92 Å². The minimum atomic E-state index is 0.707. The van der Waals surface area contributed by atoms with E-state index in [0.29, 0.717) is 5.92 Å². The van der Waals surface area contributed by atoms with E-state index in [-0.39, 0.29) is 0 Å². The van der Waals surface area contributed by atoms with Crippen molar-refractivity contribution in [2.75, 3.05) is 40.3 Å². The SMILES string of the molecule is CCN1CCCC(CNC(=NC)N(C)Cc2cc(Cl)cn2C)C1. The zero-order valence-corrected chi connectivity index (χ0v) is 15.6. The Balaban J connectivity index is 1.86. The number of halogens is 1. The van der Waals surface area contributed by atoms with Crippen molar-refractivity contribution in [3.05, 3.63) is 23.0 Å². The van der Waals surface area contributed by atoms with E-state index in [9.17, 15) is 0 Å². The predicted octanol–water partition coefficient (Wildman–Crippen LogP) is 2.42. The van der Waals surface area contributed by atoms with Crippen LogP contribution in [0.3, 0.4) is 0 Å². The van der Waals surface area contributed by atoms with Crippen LogP contribution >= 0.6 is 11.6 Å². The molecule has 0 bridgehead atoms. The lowest BCUT2D eigenvalue weighted by atomic mass is 9.98. The number of aryl methyl sites for hydroxylation is 1. The summed E-state index contributed by atoms with van der Waals surface area (Å²) in [6, 6.07) is 2.01. The van der Waals surface area contributed by atoms with E-state index >= 15 is 0 Å². The minimum Gasteiger partial charge on any atom is -0.356 e. The van der Waals surface area contributed by atoms with Gasteiger partial charge in [0.25, 0.3) is 0 Å². The van der Waals surface area contributed by atoms with Crippen LogP contribution in [0.5, 0.6) is 0 Å². The molecule has 2 rings (SSSR count). The van der Waals surface area contributed by atoms with E-state index in [1.807, 2.05) is 26.4 Å². The molecule has 5 nitrogen and oxygen atoms in total. The molecule has 0 radical (unpaired) electrons. The van der Waals surface area contributed by atoms with Crippen molar-refractivity contribution in [3.8, 4) is 0 Å². The zero-order chi connectivity index (χ0) is 16.8. The Bertz CT molecular complexity index is 525. The van der Waals surface area contributed by atoms with Crippen molar-refractivity contribution in [2.24, 2.45) is 18.0 Å². The lowest BCUT2D eigenvalue weighted by Gasteiger charge is -2.33. The first kappa shape index (κ1) is 18.1. The summed E-state index contributed by atoms with van der Waals surface area (Å²) in [6.07, 6.45) is 4.54. The van der Waals surface area contributed by atoms with Gasteiger partial charge in [-0.25, -0.2) is 0 Å². The Morgan fingerprint density at radius 1 is 1.52 bits per heavy atom. The van der Waals surface area contributed by atoms with Gasteiger partial charge in [-0.3, -0.25) is 4.99 Å². The van der Waals surface area contributed by atoms with Gasteiger partial charge in [-0.15, -0.1) is 0 Å². The molecular weight excluding hydrogens is 310 g/mol. The van der Waals surface area contributed by atoms with Gasteiger partial charge in [0.1, 0.15) is 0 Å². The summed E-state index contributed by atoms with van der Waals surface area (Å²) in [5.74, 6) is 1.65. The number of nitrogens with zero attached hydrogens (tertiary/aromatic N) is 4. The molecule has 0 saturated carbocycles. The highest BCUT2D eigenvalue weighted by Crippen LogP contribution is 2.16. The Morgan fingerprint density at radius 3 is 2.91 bits per heavy atom. The van der Waals surface area contributed by atoms with Gasteiger partial charge in [0, 0.05) is 46.1 Å². The van der Waals surface area contributed by atoms with E-state index in [1.54, 1.807) is 0 Å². The minimum absolute atomic E-state index is 0.707. The Morgan fingerprint density at radius 2 is 2.30 bits per heavy atom. The molecule has 1 saturated heterocycles. The molecule has 0 spiro atoms. The highest BCUT2D eigenvalue weighted by Gasteiger charge is 2.19. The zero-order valence-electron chi connectivity index (χ0n) is 14.8. The molecule has 1 aromatic rings. The first-order chi connectivity index (χ1) is 11.0. The number of aromatic nitrogens is 1. The molecule has 1 aliphatic rings. The molecule has 130 valence electrons. The molecule has 0 aromatic carbocycles. The molecule has 1 atom stereocenters. The van der Waals surface area contributed by atoms with Crippen LogP contribution in [0.25, 0.3) is 0 Å². The van der Waals surface area contributed by atoms with Crippen molar-refractivity contribution in [3.63, 3.8) is 0 Å². The van der Waals surface area contributed by atoms with Gasteiger partial charge in [0.15, 0.2) is 5.96 Å². The molecule has 2 heterocycles. The van der Waals surface area contributed by atoms with Crippen LogP contribution in [-0.2, 0) is 13.6 Å². The summed E-state index contributed by atoms with van der Waals surface area (Å²) in [5, 5.41) is 4.32. The van der Waals surface area contributed by atoms with Crippen molar-refractivity contribution in [1.82, 2.24) is 19.7 Å². The third kappa shape index (κ3) is 5.15. The Hall–Kier alpha value is -1.20. The topological polar surface area (TPSA) is 35.8 Å². The van der Waals surface area contributed by atoms with Crippen LogP contribution < -0.4 is 5.32 Å². The monoisotopic (exact) mass is 339 g/mol. The number of hydrogen-bond acceptors (Lipinski definition) is 2. The van der Waals surface area contributed by atoms with E-state index < -0.39 is 0 Å². The number of likely N-dealkylation sites (tertiary alicyclic amines) is 1. The van der Waals surface area contributed by atoms with Crippen LogP contribution in [0.4, 0.5) is 0 Å². The average Bonchev–Trinajstić information content (AvgIpc) is 2.85. The van der Waals surface area contributed by atoms with Crippen molar-refractivity contribution in [1.29, 1.82) is 0 Å². The van der Waals surface area contributed by atoms with E-state index in [4.69, 9.17) is 11.6 Å². The van der Waals surface area contributed by atoms with Gasteiger partial charge < -0.3 is 19.7 Å². The van der Waals surface area contributed by atoms with Gasteiger partial charge in [-0.1, -0.05) is 18.5 Å². The first-order valence-corrected chi connectivity index (χ1v) is 8.86. The van der Waals surface area contributed by atoms with Crippen LogP contribution in [0.1, 0.15) is 25.5 Å². The second-order valence-electron chi connectivity index (χ2n) is 6.45. The highest BCUT2D eigenvalue weighted by molar-refractivity contribution is 6.30.